The third kappa shape index (κ3) is 7.75. The number of amides is 2. The summed E-state index contributed by atoms with van der Waals surface area (Å²) in [6.07, 6.45) is 1.43. The maximum Gasteiger partial charge on any atom is 0.242 e. The van der Waals surface area contributed by atoms with E-state index < -0.39 is 6.04 Å². The molecule has 0 radical (unpaired) electrons. The lowest BCUT2D eigenvalue weighted by Crippen LogP contribution is -2.49. The Hall–Kier alpha value is -1.98. The predicted octanol–water partition coefficient (Wildman–Crippen LogP) is 4.91. The molecule has 0 aliphatic heterocycles. The highest BCUT2D eigenvalue weighted by Crippen LogP contribution is 2.18. The second kappa shape index (κ2) is 12.6. The van der Waals surface area contributed by atoms with E-state index in [-0.39, 0.29) is 11.8 Å². The fourth-order valence-corrected chi connectivity index (χ4v) is 3.98. The highest BCUT2D eigenvalue weighted by atomic mass is 35.5. The molecular formula is C23H29ClN2O2S. The molecule has 1 atom stereocenters. The van der Waals surface area contributed by atoms with E-state index in [2.05, 4.69) is 17.4 Å². The first kappa shape index (κ1) is 23.3. The molecule has 156 valence electrons. The molecule has 0 aliphatic rings. The number of hydrogen-bond donors (Lipinski definition) is 1. The van der Waals surface area contributed by atoms with Crippen LogP contribution in [0, 0.1) is 0 Å². The molecule has 2 aromatic rings. The lowest BCUT2D eigenvalue weighted by molar-refractivity contribution is -0.139. The molecule has 0 aromatic heterocycles. The Bertz CT molecular complexity index is 768. The molecule has 4 nitrogen and oxygen atoms in total. The van der Waals surface area contributed by atoms with Gasteiger partial charge in [-0.25, -0.2) is 0 Å². The zero-order valence-corrected chi connectivity index (χ0v) is 18.6. The number of halogens is 1. The summed E-state index contributed by atoms with van der Waals surface area (Å²) in [5.74, 6) is 0.976. The smallest absolute Gasteiger partial charge is 0.242 e. The molecule has 2 rings (SSSR count). The summed E-state index contributed by atoms with van der Waals surface area (Å²) >= 11 is 7.56. The average Bonchev–Trinajstić information content (AvgIpc) is 2.74. The minimum absolute atomic E-state index is 0.0284. The van der Waals surface area contributed by atoms with E-state index in [1.54, 1.807) is 16.7 Å². The van der Waals surface area contributed by atoms with Crippen molar-refractivity contribution >= 4 is 35.2 Å². The zero-order chi connectivity index (χ0) is 21.1. The Morgan fingerprint density at radius 3 is 2.34 bits per heavy atom. The van der Waals surface area contributed by atoms with Crippen molar-refractivity contribution in [2.45, 2.75) is 45.0 Å². The van der Waals surface area contributed by atoms with Crippen LogP contribution in [0.3, 0.4) is 0 Å². The molecule has 2 aromatic carbocycles. The molecule has 6 heteroatoms. The second-order valence-electron chi connectivity index (χ2n) is 6.84. The van der Waals surface area contributed by atoms with E-state index in [1.165, 1.54) is 5.56 Å². The van der Waals surface area contributed by atoms with E-state index in [0.29, 0.717) is 30.3 Å². The van der Waals surface area contributed by atoms with Crippen LogP contribution in [-0.2, 0) is 21.9 Å². The van der Waals surface area contributed by atoms with Gasteiger partial charge in [-0.3, -0.25) is 9.59 Å². The Kier molecular flexibility index (Phi) is 10.1. The number of carbonyl (C=O) groups excluding carboxylic acids is 2. The van der Waals surface area contributed by atoms with Crippen LogP contribution in [0.15, 0.2) is 54.6 Å². The lowest BCUT2D eigenvalue weighted by Gasteiger charge is -2.30. The Labute approximate surface area is 183 Å². The molecule has 29 heavy (non-hydrogen) atoms. The first-order valence-electron chi connectivity index (χ1n) is 9.98. The predicted molar refractivity (Wildman–Crippen MR) is 122 cm³/mol. The van der Waals surface area contributed by atoms with Gasteiger partial charge in [-0.05, 0) is 36.1 Å². The number of rotatable bonds is 11. The molecule has 0 saturated carbocycles. The Morgan fingerprint density at radius 2 is 1.72 bits per heavy atom. The summed E-state index contributed by atoms with van der Waals surface area (Å²) in [5, 5.41) is 3.59. The lowest BCUT2D eigenvalue weighted by atomic mass is 10.1. The average molecular weight is 433 g/mol. The van der Waals surface area contributed by atoms with Crippen molar-refractivity contribution in [1.29, 1.82) is 0 Å². The highest BCUT2D eigenvalue weighted by Gasteiger charge is 2.28. The first-order valence-corrected chi connectivity index (χ1v) is 11.5. The van der Waals surface area contributed by atoms with Crippen molar-refractivity contribution in [1.82, 2.24) is 10.2 Å². The van der Waals surface area contributed by atoms with Gasteiger partial charge in [-0.2, -0.15) is 0 Å². The standard InChI is InChI=1S/C23H29ClN2O2S/c1-3-14-25-23(28)21(4-2)26(15-18-10-12-20(24)13-11-18)22(27)17-29-16-19-8-6-5-7-9-19/h5-13,21H,3-4,14-17H2,1-2H3,(H,25,28)/t21-/m1/s1. The van der Waals surface area contributed by atoms with E-state index in [1.807, 2.05) is 56.3 Å². The fourth-order valence-electron chi connectivity index (χ4n) is 2.99. The van der Waals surface area contributed by atoms with Gasteiger partial charge >= 0.3 is 0 Å². The first-order chi connectivity index (χ1) is 14.0. The summed E-state index contributed by atoms with van der Waals surface area (Å²) in [4.78, 5) is 27.5. The molecule has 0 bridgehead atoms. The molecule has 2 amide bonds. The normalized spacial score (nSPS) is 11.7. The van der Waals surface area contributed by atoms with E-state index >= 15 is 0 Å². The summed E-state index contributed by atoms with van der Waals surface area (Å²) in [5.41, 5.74) is 2.14. The van der Waals surface area contributed by atoms with Crippen LogP contribution < -0.4 is 5.32 Å². The minimum atomic E-state index is -0.484. The summed E-state index contributed by atoms with van der Waals surface area (Å²) in [7, 11) is 0. The molecule has 0 aliphatic carbocycles. The molecule has 0 fully saturated rings. The monoisotopic (exact) mass is 432 g/mol. The number of hydrogen-bond acceptors (Lipinski definition) is 3. The van der Waals surface area contributed by atoms with Gasteiger partial charge in [0, 0.05) is 23.9 Å². The molecular weight excluding hydrogens is 404 g/mol. The summed E-state index contributed by atoms with van der Waals surface area (Å²) < 4.78 is 0. The van der Waals surface area contributed by atoms with Crippen LogP contribution in [0.4, 0.5) is 0 Å². The number of benzene rings is 2. The van der Waals surface area contributed by atoms with E-state index in [4.69, 9.17) is 11.6 Å². The van der Waals surface area contributed by atoms with Gasteiger partial charge in [0.15, 0.2) is 0 Å². The third-order valence-electron chi connectivity index (χ3n) is 4.54. The van der Waals surface area contributed by atoms with Crippen molar-refractivity contribution < 1.29 is 9.59 Å². The van der Waals surface area contributed by atoms with Gasteiger partial charge < -0.3 is 10.2 Å². The van der Waals surface area contributed by atoms with Gasteiger partial charge in [0.05, 0.1) is 5.75 Å². The Balaban J connectivity index is 2.09. The zero-order valence-electron chi connectivity index (χ0n) is 17.1. The summed E-state index contributed by atoms with van der Waals surface area (Å²) in [6, 6.07) is 17.0. The second-order valence-corrected chi connectivity index (χ2v) is 8.26. The number of nitrogens with zero attached hydrogens (tertiary/aromatic N) is 1. The van der Waals surface area contributed by atoms with Crippen LogP contribution >= 0.6 is 23.4 Å². The van der Waals surface area contributed by atoms with Gasteiger partial charge in [-0.1, -0.05) is 67.9 Å². The number of carbonyl (C=O) groups is 2. The molecule has 0 saturated heterocycles. The number of thioether (sulfide) groups is 1. The fraction of sp³-hybridized carbons (Fsp3) is 0.391. The van der Waals surface area contributed by atoms with E-state index in [9.17, 15) is 9.59 Å². The molecule has 0 spiro atoms. The van der Waals surface area contributed by atoms with Crippen LogP contribution in [0.5, 0.6) is 0 Å². The molecule has 1 N–H and O–H groups in total. The van der Waals surface area contributed by atoms with Crippen molar-refractivity contribution in [3.05, 3.63) is 70.7 Å². The quantitative estimate of drug-likeness (QED) is 0.549. The molecule has 0 unspecified atom stereocenters. The van der Waals surface area contributed by atoms with Crippen LogP contribution in [0.25, 0.3) is 0 Å². The minimum Gasteiger partial charge on any atom is -0.354 e. The maximum atomic E-state index is 13.1. The largest absolute Gasteiger partial charge is 0.354 e. The van der Waals surface area contributed by atoms with Gasteiger partial charge in [0.25, 0.3) is 0 Å². The van der Waals surface area contributed by atoms with Gasteiger partial charge in [0.2, 0.25) is 11.8 Å². The Morgan fingerprint density at radius 1 is 1.03 bits per heavy atom. The highest BCUT2D eigenvalue weighted by molar-refractivity contribution is 7.99. The van der Waals surface area contributed by atoms with Crippen LogP contribution in [0.2, 0.25) is 5.02 Å². The van der Waals surface area contributed by atoms with Crippen molar-refractivity contribution in [3.63, 3.8) is 0 Å². The number of nitrogens with one attached hydrogen (secondary N) is 1. The van der Waals surface area contributed by atoms with Gasteiger partial charge in [0.1, 0.15) is 6.04 Å². The van der Waals surface area contributed by atoms with Crippen LogP contribution in [0.1, 0.15) is 37.8 Å². The van der Waals surface area contributed by atoms with Crippen molar-refractivity contribution in [2.75, 3.05) is 12.3 Å². The summed E-state index contributed by atoms with van der Waals surface area (Å²) in [6.45, 7) is 4.95. The van der Waals surface area contributed by atoms with Crippen molar-refractivity contribution in [3.8, 4) is 0 Å². The maximum absolute atomic E-state index is 13.1. The topological polar surface area (TPSA) is 49.4 Å². The van der Waals surface area contributed by atoms with Crippen molar-refractivity contribution in [2.24, 2.45) is 0 Å². The van der Waals surface area contributed by atoms with E-state index in [0.717, 1.165) is 17.7 Å². The molecule has 0 heterocycles. The third-order valence-corrected chi connectivity index (χ3v) is 5.78. The van der Waals surface area contributed by atoms with Gasteiger partial charge in [-0.15, -0.1) is 11.8 Å². The SMILES string of the molecule is CCCNC(=O)[C@@H](CC)N(Cc1ccc(Cl)cc1)C(=O)CSCc1ccccc1. The van der Waals surface area contributed by atoms with Crippen LogP contribution in [-0.4, -0.2) is 35.1 Å².